The summed E-state index contributed by atoms with van der Waals surface area (Å²) in [4.78, 5) is 23.2. The summed E-state index contributed by atoms with van der Waals surface area (Å²) >= 11 is 0. The van der Waals surface area contributed by atoms with E-state index in [0.717, 1.165) is 19.3 Å². The van der Waals surface area contributed by atoms with Crippen LogP contribution in [0, 0.1) is 0 Å². The summed E-state index contributed by atoms with van der Waals surface area (Å²) in [5.41, 5.74) is 0. The normalized spacial score (nSPS) is 12.3. The molecular formula is C13H24O5. The first-order chi connectivity index (χ1) is 8.56. The molecule has 0 aromatic heterocycles. The molecule has 0 N–H and O–H groups in total. The van der Waals surface area contributed by atoms with Gasteiger partial charge in [0.25, 0.3) is 6.10 Å². The van der Waals surface area contributed by atoms with E-state index < -0.39 is 18.0 Å². The molecule has 0 radical (unpaired) electrons. The standard InChI is InChI=1S/C13H24O5/c1-5-8-9-10(4)18-11(12(14)16-6-2)13(15)17-7-3/h10-11H,5-9H2,1-4H3. The molecule has 0 saturated heterocycles. The van der Waals surface area contributed by atoms with Crippen LogP contribution in [0.15, 0.2) is 0 Å². The van der Waals surface area contributed by atoms with Crippen molar-refractivity contribution in [1.82, 2.24) is 0 Å². The van der Waals surface area contributed by atoms with Gasteiger partial charge in [-0.3, -0.25) is 0 Å². The molecule has 1 unspecified atom stereocenters. The zero-order valence-electron chi connectivity index (χ0n) is 11.7. The van der Waals surface area contributed by atoms with Crippen LogP contribution in [-0.4, -0.2) is 37.4 Å². The molecule has 0 aliphatic carbocycles. The van der Waals surface area contributed by atoms with Crippen LogP contribution in [0.5, 0.6) is 0 Å². The van der Waals surface area contributed by atoms with E-state index in [1.54, 1.807) is 13.8 Å². The second kappa shape index (κ2) is 9.88. The van der Waals surface area contributed by atoms with Crippen molar-refractivity contribution in [3.8, 4) is 0 Å². The Kier molecular flexibility index (Phi) is 9.28. The Balaban J connectivity index is 4.45. The number of ether oxygens (including phenoxy) is 3. The number of unbranched alkanes of at least 4 members (excludes halogenated alkanes) is 1. The van der Waals surface area contributed by atoms with E-state index in [1.807, 2.05) is 6.92 Å². The van der Waals surface area contributed by atoms with Crippen molar-refractivity contribution in [2.75, 3.05) is 13.2 Å². The summed E-state index contributed by atoms with van der Waals surface area (Å²) in [5.74, 6) is -1.36. The van der Waals surface area contributed by atoms with Crippen LogP contribution >= 0.6 is 0 Å². The largest absolute Gasteiger partial charge is 0.464 e. The van der Waals surface area contributed by atoms with Gasteiger partial charge >= 0.3 is 11.9 Å². The van der Waals surface area contributed by atoms with E-state index in [4.69, 9.17) is 14.2 Å². The van der Waals surface area contributed by atoms with Gasteiger partial charge in [-0.05, 0) is 27.2 Å². The van der Waals surface area contributed by atoms with Gasteiger partial charge in [-0.15, -0.1) is 0 Å². The third-order valence-electron chi connectivity index (χ3n) is 2.33. The van der Waals surface area contributed by atoms with Crippen molar-refractivity contribution >= 4 is 11.9 Å². The van der Waals surface area contributed by atoms with Crippen LogP contribution < -0.4 is 0 Å². The molecule has 5 heteroatoms. The summed E-state index contributed by atoms with van der Waals surface area (Å²) in [5, 5.41) is 0. The van der Waals surface area contributed by atoms with Gasteiger partial charge in [0.1, 0.15) is 0 Å². The molecule has 0 heterocycles. The number of hydrogen-bond donors (Lipinski definition) is 0. The van der Waals surface area contributed by atoms with Crippen molar-refractivity contribution in [3.63, 3.8) is 0 Å². The quantitative estimate of drug-likeness (QED) is 0.469. The molecule has 1 atom stereocenters. The fraction of sp³-hybridized carbons (Fsp3) is 0.846. The number of hydrogen-bond acceptors (Lipinski definition) is 5. The van der Waals surface area contributed by atoms with Crippen LogP contribution in [0.2, 0.25) is 0 Å². The topological polar surface area (TPSA) is 61.8 Å². The number of carbonyl (C=O) groups is 2. The van der Waals surface area contributed by atoms with Gasteiger partial charge in [-0.25, -0.2) is 9.59 Å². The maximum atomic E-state index is 11.6. The van der Waals surface area contributed by atoms with E-state index in [-0.39, 0.29) is 19.3 Å². The van der Waals surface area contributed by atoms with Crippen molar-refractivity contribution in [2.24, 2.45) is 0 Å². The van der Waals surface area contributed by atoms with E-state index in [1.165, 1.54) is 0 Å². The molecule has 5 nitrogen and oxygen atoms in total. The molecule has 0 aliphatic heterocycles. The van der Waals surface area contributed by atoms with Gasteiger partial charge in [0.15, 0.2) is 0 Å². The lowest BCUT2D eigenvalue weighted by atomic mass is 10.2. The maximum Gasteiger partial charge on any atom is 0.347 e. The molecule has 0 saturated carbocycles. The molecule has 0 fully saturated rings. The first kappa shape index (κ1) is 16.9. The van der Waals surface area contributed by atoms with Crippen molar-refractivity contribution in [2.45, 2.75) is 59.2 Å². The molecule has 106 valence electrons. The molecule has 0 aliphatic rings. The van der Waals surface area contributed by atoms with Crippen LogP contribution in [0.25, 0.3) is 0 Å². The summed E-state index contributed by atoms with van der Waals surface area (Å²) in [7, 11) is 0. The van der Waals surface area contributed by atoms with E-state index in [0.29, 0.717) is 0 Å². The molecule has 0 aromatic rings. The summed E-state index contributed by atoms with van der Waals surface area (Å²) in [6.07, 6.45) is 1.38. The van der Waals surface area contributed by atoms with E-state index in [2.05, 4.69) is 6.92 Å². The molecular weight excluding hydrogens is 236 g/mol. The average Bonchev–Trinajstić information content (AvgIpc) is 2.33. The Bertz CT molecular complexity index is 234. The summed E-state index contributed by atoms with van der Waals surface area (Å²) < 4.78 is 15.1. The lowest BCUT2D eigenvalue weighted by Gasteiger charge is -2.19. The Morgan fingerprint density at radius 3 is 1.89 bits per heavy atom. The fourth-order valence-corrected chi connectivity index (χ4v) is 1.44. The van der Waals surface area contributed by atoms with Crippen LogP contribution in [0.4, 0.5) is 0 Å². The van der Waals surface area contributed by atoms with Gasteiger partial charge in [0.2, 0.25) is 0 Å². The fourth-order valence-electron chi connectivity index (χ4n) is 1.44. The molecule has 0 spiro atoms. The number of esters is 2. The highest BCUT2D eigenvalue weighted by atomic mass is 16.6. The average molecular weight is 260 g/mol. The van der Waals surface area contributed by atoms with Gasteiger partial charge in [0.05, 0.1) is 19.3 Å². The third-order valence-corrected chi connectivity index (χ3v) is 2.33. The van der Waals surface area contributed by atoms with E-state index in [9.17, 15) is 9.59 Å². The molecule has 0 bridgehead atoms. The maximum absolute atomic E-state index is 11.6. The van der Waals surface area contributed by atoms with Gasteiger partial charge in [-0.2, -0.15) is 0 Å². The van der Waals surface area contributed by atoms with Crippen molar-refractivity contribution < 1.29 is 23.8 Å². The Labute approximate surface area is 109 Å². The highest BCUT2D eigenvalue weighted by molar-refractivity contribution is 5.98. The highest BCUT2D eigenvalue weighted by Gasteiger charge is 2.32. The predicted molar refractivity (Wildman–Crippen MR) is 67.1 cm³/mol. The van der Waals surface area contributed by atoms with Crippen LogP contribution in [0.3, 0.4) is 0 Å². The van der Waals surface area contributed by atoms with Crippen LogP contribution in [-0.2, 0) is 23.8 Å². The Morgan fingerprint density at radius 2 is 1.50 bits per heavy atom. The monoisotopic (exact) mass is 260 g/mol. The minimum atomic E-state index is -1.27. The van der Waals surface area contributed by atoms with Crippen LogP contribution in [0.1, 0.15) is 47.0 Å². The first-order valence-electron chi connectivity index (χ1n) is 6.55. The zero-order chi connectivity index (χ0) is 14.0. The lowest BCUT2D eigenvalue weighted by molar-refractivity contribution is -0.177. The van der Waals surface area contributed by atoms with E-state index >= 15 is 0 Å². The van der Waals surface area contributed by atoms with Crippen molar-refractivity contribution in [1.29, 1.82) is 0 Å². The Hall–Kier alpha value is -1.10. The predicted octanol–water partition coefficient (Wildman–Crippen LogP) is 2.08. The van der Waals surface area contributed by atoms with Gasteiger partial charge in [-0.1, -0.05) is 19.8 Å². The van der Waals surface area contributed by atoms with Gasteiger partial charge < -0.3 is 14.2 Å². The molecule has 0 rings (SSSR count). The molecule has 0 amide bonds. The second-order valence-corrected chi connectivity index (χ2v) is 3.97. The minimum Gasteiger partial charge on any atom is -0.464 e. The number of carbonyl (C=O) groups excluding carboxylic acids is 2. The van der Waals surface area contributed by atoms with Gasteiger partial charge in [0, 0.05) is 0 Å². The lowest BCUT2D eigenvalue weighted by Crippen LogP contribution is -2.38. The summed E-state index contributed by atoms with van der Waals surface area (Å²) in [6.45, 7) is 7.69. The minimum absolute atomic E-state index is 0.177. The number of rotatable bonds is 9. The smallest absolute Gasteiger partial charge is 0.347 e. The molecule has 0 aromatic carbocycles. The summed E-state index contributed by atoms with van der Waals surface area (Å²) in [6, 6.07) is 0. The second-order valence-electron chi connectivity index (χ2n) is 3.97. The highest BCUT2D eigenvalue weighted by Crippen LogP contribution is 2.10. The third kappa shape index (κ3) is 6.59. The first-order valence-corrected chi connectivity index (χ1v) is 6.55. The zero-order valence-corrected chi connectivity index (χ0v) is 11.7. The Morgan fingerprint density at radius 1 is 1.00 bits per heavy atom. The molecule has 18 heavy (non-hydrogen) atoms. The van der Waals surface area contributed by atoms with Crippen molar-refractivity contribution in [3.05, 3.63) is 0 Å². The SMILES string of the molecule is CCCCC(C)OC(C(=O)OCC)C(=O)OCC.